The van der Waals surface area contributed by atoms with E-state index in [1.54, 1.807) is 0 Å². The zero-order valence-corrected chi connectivity index (χ0v) is 22.0. The molecule has 0 unspecified atom stereocenters. The second kappa shape index (κ2) is 14.9. The lowest BCUT2D eigenvalue weighted by Crippen LogP contribution is -2.52. The first kappa shape index (κ1) is 29.7. The molecule has 0 saturated carbocycles. The molecule has 1 aliphatic rings. The number of rotatable bonds is 13. The molecule has 0 bridgehead atoms. The highest BCUT2D eigenvalue weighted by Crippen LogP contribution is 2.20. The molecule has 2 N–H and O–H groups in total. The summed E-state index contributed by atoms with van der Waals surface area (Å²) in [6.07, 6.45) is -2.48. The molecular weight excluding hydrogens is 515 g/mol. The van der Waals surface area contributed by atoms with E-state index in [0.29, 0.717) is 6.42 Å². The molecule has 1 atom stereocenters. The van der Waals surface area contributed by atoms with Crippen LogP contribution in [0.5, 0.6) is 0 Å². The van der Waals surface area contributed by atoms with Gasteiger partial charge < -0.3 is 10.6 Å². The third kappa shape index (κ3) is 10.5. The van der Waals surface area contributed by atoms with Crippen LogP contribution < -0.4 is 10.6 Å². The maximum absolute atomic E-state index is 13.1. The van der Waals surface area contributed by atoms with Gasteiger partial charge in [0.15, 0.2) is 0 Å². The fourth-order valence-electron chi connectivity index (χ4n) is 4.31. The molecule has 1 aliphatic heterocycles. The Bertz CT molecular complexity index is 1030. The smallest absolute Gasteiger partial charge is 0.351 e. The molecule has 206 valence electrons. The van der Waals surface area contributed by atoms with E-state index in [-0.39, 0.29) is 36.5 Å². The lowest BCUT2D eigenvalue weighted by atomic mass is 10.0. The van der Waals surface area contributed by atoms with Crippen molar-refractivity contribution in [2.75, 3.05) is 24.6 Å². The van der Waals surface area contributed by atoms with E-state index in [2.05, 4.69) is 27.7 Å². The van der Waals surface area contributed by atoms with Crippen LogP contribution >= 0.6 is 11.8 Å². The van der Waals surface area contributed by atoms with Gasteiger partial charge in [0.1, 0.15) is 6.04 Å². The van der Waals surface area contributed by atoms with Crippen molar-refractivity contribution in [1.29, 1.82) is 0 Å². The number of alkyl halides is 3. The molecule has 0 aromatic heterocycles. The molecule has 38 heavy (non-hydrogen) atoms. The number of likely N-dealkylation sites (tertiary alicyclic amines) is 1. The van der Waals surface area contributed by atoms with E-state index < -0.39 is 23.8 Å². The van der Waals surface area contributed by atoms with Gasteiger partial charge in [-0.3, -0.25) is 19.3 Å². The average molecular weight is 550 g/mol. The number of nitrogens with one attached hydrogen (secondary N) is 2. The van der Waals surface area contributed by atoms with Crippen LogP contribution in [-0.4, -0.2) is 65.4 Å². The van der Waals surface area contributed by atoms with Gasteiger partial charge in [-0.25, -0.2) is 0 Å². The molecule has 3 rings (SSSR count). The number of carbonyl (C=O) groups excluding carboxylic acids is 3. The number of benzene rings is 2. The summed E-state index contributed by atoms with van der Waals surface area (Å²) in [5.41, 5.74) is 2.06. The van der Waals surface area contributed by atoms with E-state index >= 15 is 0 Å². The van der Waals surface area contributed by atoms with E-state index in [9.17, 15) is 27.6 Å². The Labute approximate surface area is 225 Å². The van der Waals surface area contributed by atoms with Gasteiger partial charge in [-0.2, -0.15) is 24.9 Å². The molecule has 1 heterocycles. The highest BCUT2D eigenvalue weighted by molar-refractivity contribution is 7.99. The summed E-state index contributed by atoms with van der Waals surface area (Å²) in [4.78, 5) is 39.2. The number of nitrogens with zero attached hydrogens (tertiary/aromatic N) is 1. The predicted molar refractivity (Wildman–Crippen MR) is 143 cm³/mol. The monoisotopic (exact) mass is 549 g/mol. The molecule has 10 heteroatoms. The standard InChI is InChI=1S/C28H34F3N3O3S/c29-28(30,31)25(35)20-38-17-7-12-24(33-26(36)18-21-8-3-1-4-9-21)27(37)32-23-13-15-34(16-14-23)19-22-10-5-2-6-11-22/h1-6,8-11,23-24H,7,12-20H2,(H,32,37)(H,33,36)/t24-/m0/s1. The molecule has 6 nitrogen and oxygen atoms in total. The number of ketones is 1. The number of thioether (sulfide) groups is 1. The minimum absolute atomic E-state index is 0.0122. The summed E-state index contributed by atoms with van der Waals surface area (Å²) < 4.78 is 37.2. The fraction of sp³-hybridized carbons (Fsp3) is 0.464. The summed E-state index contributed by atoms with van der Waals surface area (Å²) in [7, 11) is 0. The first-order chi connectivity index (χ1) is 18.2. The first-order valence-electron chi connectivity index (χ1n) is 12.8. The van der Waals surface area contributed by atoms with E-state index in [0.717, 1.165) is 49.8 Å². The number of hydrogen-bond donors (Lipinski definition) is 2. The number of halogens is 3. The van der Waals surface area contributed by atoms with Crippen molar-refractivity contribution < 1.29 is 27.6 Å². The Morgan fingerprint density at radius 2 is 1.55 bits per heavy atom. The number of piperidine rings is 1. The van der Waals surface area contributed by atoms with Crippen molar-refractivity contribution in [1.82, 2.24) is 15.5 Å². The van der Waals surface area contributed by atoms with Gasteiger partial charge in [-0.1, -0.05) is 60.7 Å². The fourth-order valence-corrected chi connectivity index (χ4v) is 5.17. The second-order valence-electron chi connectivity index (χ2n) is 9.44. The topological polar surface area (TPSA) is 78.5 Å². The van der Waals surface area contributed by atoms with Crippen molar-refractivity contribution in [2.45, 2.75) is 56.9 Å². The number of hydrogen-bond acceptors (Lipinski definition) is 5. The third-order valence-corrected chi connectivity index (χ3v) is 7.42. The largest absolute Gasteiger partial charge is 0.450 e. The molecule has 1 saturated heterocycles. The quantitative estimate of drug-likeness (QED) is 0.368. The van der Waals surface area contributed by atoms with Gasteiger partial charge in [0.05, 0.1) is 12.2 Å². The van der Waals surface area contributed by atoms with Crippen LogP contribution in [0.15, 0.2) is 60.7 Å². The summed E-state index contributed by atoms with van der Waals surface area (Å²) in [5.74, 6) is -2.73. The highest BCUT2D eigenvalue weighted by Gasteiger charge is 2.37. The van der Waals surface area contributed by atoms with Crippen LogP contribution in [0.3, 0.4) is 0 Å². The average Bonchev–Trinajstić information content (AvgIpc) is 2.89. The minimum atomic E-state index is -4.84. The van der Waals surface area contributed by atoms with Crippen molar-refractivity contribution in [3.05, 3.63) is 71.8 Å². The van der Waals surface area contributed by atoms with E-state index in [4.69, 9.17) is 0 Å². The molecule has 2 aromatic carbocycles. The minimum Gasteiger partial charge on any atom is -0.351 e. The van der Waals surface area contributed by atoms with Gasteiger partial charge >= 0.3 is 6.18 Å². The van der Waals surface area contributed by atoms with Gasteiger partial charge in [-0.15, -0.1) is 0 Å². The van der Waals surface area contributed by atoms with Crippen molar-refractivity contribution in [3.63, 3.8) is 0 Å². The maximum atomic E-state index is 13.1. The van der Waals surface area contributed by atoms with Crippen molar-refractivity contribution in [3.8, 4) is 0 Å². The van der Waals surface area contributed by atoms with Crippen LogP contribution in [-0.2, 0) is 27.3 Å². The summed E-state index contributed by atoms with van der Waals surface area (Å²) >= 11 is 0.880. The Morgan fingerprint density at radius 3 is 2.16 bits per heavy atom. The molecule has 2 aromatic rings. The molecule has 1 fully saturated rings. The Kier molecular flexibility index (Phi) is 11.7. The van der Waals surface area contributed by atoms with Crippen LogP contribution in [0.2, 0.25) is 0 Å². The third-order valence-electron chi connectivity index (χ3n) is 6.37. The van der Waals surface area contributed by atoms with Gasteiger partial charge in [0.2, 0.25) is 17.6 Å². The SMILES string of the molecule is O=C(Cc1ccccc1)N[C@@H](CCCSCC(=O)C(F)(F)F)C(=O)NC1CCN(Cc2ccccc2)CC1. The van der Waals surface area contributed by atoms with Crippen LogP contribution in [0.4, 0.5) is 13.2 Å². The maximum Gasteiger partial charge on any atom is 0.450 e. The first-order valence-corrected chi connectivity index (χ1v) is 13.9. The Hall–Kier alpha value is -2.85. The summed E-state index contributed by atoms with van der Waals surface area (Å²) in [5, 5.41) is 5.86. The number of amides is 2. The lowest BCUT2D eigenvalue weighted by Gasteiger charge is -2.33. The lowest BCUT2D eigenvalue weighted by molar-refractivity contribution is -0.167. The molecule has 2 amide bonds. The highest BCUT2D eigenvalue weighted by atomic mass is 32.2. The number of carbonyl (C=O) groups is 3. The zero-order chi connectivity index (χ0) is 27.4. The van der Waals surface area contributed by atoms with Crippen LogP contribution in [0.1, 0.15) is 36.8 Å². The van der Waals surface area contributed by atoms with Crippen LogP contribution in [0.25, 0.3) is 0 Å². The molecule has 0 spiro atoms. The summed E-state index contributed by atoms with van der Waals surface area (Å²) in [6.45, 7) is 2.54. The van der Waals surface area contributed by atoms with Gasteiger partial charge in [-0.05, 0) is 42.6 Å². The van der Waals surface area contributed by atoms with Crippen LogP contribution in [0, 0.1) is 0 Å². The van der Waals surface area contributed by atoms with E-state index in [1.807, 2.05) is 48.5 Å². The molecule has 0 aliphatic carbocycles. The Morgan fingerprint density at radius 1 is 0.947 bits per heavy atom. The second-order valence-corrected chi connectivity index (χ2v) is 10.5. The zero-order valence-electron chi connectivity index (χ0n) is 21.2. The summed E-state index contributed by atoms with van der Waals surface area (Å²) in [6, 6.07) is 18.6. The van der Waals surface area contributed by atoms with Gasteiger partial charge in [0.25, 0.3) is 0 Å². The number of Topliss-reactive ketones (excluding diaryl/α,β-unsaturated/α-hetero) is 1. The predicted octanol–water partition coefficient (Wildman–Crippen LogP) is 4.14. The van der Waals surface area contributed by atoms with Gasteiger partial charge in [0, 0.05) is 25.7 Å². The van der Waals surface area contributed by atoms with Crippen molar-refractivity contribution >= 4 is 29.4 Å². The van der Waals surface area contributed by atoms with Crippen molar-refractivity contribution in [2.24, 2.45) is 0 Å². The molecular formula is C28H34F3N3O3S. The normalized spacial score (nSPS) is 15.6. The molecule has 0 radical (unpaired) electrons. The Balaban J connectivity index is 1.49. The van der Waals surface area contributed by atoms with E-state index in [1.165, 1.54) is 5.56 Å².